The summed E-state index contributed by atoms with van der Waals surface area (Å²) in [5.41, 5.74) is -0.521. The standard InChI is InChI=1S/C20H26F3N3O4S/c1-15-13-26(14-16(2)30-15)31(28,29)25-10-8-24(9-11-25)19(27)7-6-17-4-3-5-18(12-17)20(21,22)23/h3-7,12,15-16H,8-11,13-14H2,1-2H3/b7-6+. The molecule has 3 rings (SSSR count). The molecule has 0 N–H and O–H groups in total. The predicted molar refractivity (Wildman–Crippen MR) is 109 cm³/mol. The smallest absolute Gasteiger partial charge is 0.373 e. The van der Waals surface area contributed by atoms with Gasteiger partial charge in [0.2, 0.25) is 5.91 Å². The van der Waals surface area contributed by atoms with Gasteiger partial charge in [-0.3, -0.25) is 4.79 Å². The van der Waals surface area contributed by atoms with Crippen LogP contribution >= 0.6 is 0 Å². The van der Waals surface area contributed by atoms with Crippen molar-refractivity contribution in [3.05, 3.63) is 41.5 Å². The molecule has 7 nitrogen and oxygen atoms in total. The number of halogens is 3. The second-order valence-electron chi connectivity index (χ2n) is 7.76. The molecule has 2 fully saturated rings. The Morgan fingerprint density at radius 2 is 1.68 bits per heavy atom. The zero-order valence-electron chi connectivity index (χ0n) is 17.4. The van der Waals surface area contributed by atoms with Crippen molar-refractivity contribution in [3.63, 3.8) is 0 Å². The molecule has 31 heavy (non-hydrogen) atoms. The second-order valence-corrected chi connectivity index (χ2v) is 9.69. The van der Waals surface area contributed by atoms with Crippen LogP contribution in [0.5, 0.6) is 0 Å². The summed E-state index contributed by atoms with van der Waals surface area (Å²) < 4.78 is 72.6. The van der Waals surface area contributed by atoms with Gasteiger partial charge in [0.05, 0.1) is 17.8 Å². The van der Waals surface area contributed by atoms with Gasteiger partial charge >= 0.3 is 6.18 Å². The predicted octanol–water partition coefficient (Wildman–Crippen LogP) is 2.22. The monoisotopic (exact) mass is 461 g/mol. The molecule has 0 aromatic heterocycles. The molecule has 2 aliphatic rings. The molecule has 2 unspecified atom stereocenters. The van der Waals surface area contributed by atoms with Gasteiger partial charge in [0.15, 0.2) is 0 Å². The van der Waals surface area contributed by atoms with Gasteiger partial charge in [0.1, 0.15) is 0 Å². The van der Waals surface area contributed by atoms with Crippen LogP contribution in [0.25, 0.3) is 6.08 Å². The molecule has 1 aromatic carbocycles. The first-order valence-electron chi connectivity index (χ1n) is 10.0. The molecule has 11 heteroatoms. The molecule has 0 bridgehead atoms. The molecule has 2 heterocycles. The minimum atomic E-state index is -4.45. The Morgan fingerprint density at radius 3 is 2.26 bits per heavy atom. The number of carbonyl (C=O) groups excluding carboxylic acids is 1. The van der Waals surface area contributed by atoms with Crippen LogP contribution < -0.4 is 0 Å². The van der Waals surface area contributed by atoms with Crippen molar-refractivity contribution in [3.8, 4) is 0 Å². The SMILES string of the molecule is CC1CN(S(=O)(=O)N2CCN(C(=O)/C=C/c3cccc(C(F)(F)F)c3)CC2)CC(C)O1. The van der Waals surface area contributed by atoms with Gasteiger partial charge in [-0.15, -0.1) is 0 Å². The fourth-order valence-corrected chi connectivity index (χ4v) is 5.46. The molecule has 0 aliphatic carbocycles. The minimum absolute atomic E-state index is 0.158. The summed E-state index contributed by atoms with van der Waals surface area (Å²) in [6.07, 6.45) is -2.29. The molecule has 2 aliphatic heterocycles. The number of ether oxygens (including phenoxy) is 1. The van der Waals surface area contributed by atoms with Crippen LogP contribution in [0.3, 0.4) is 0 Å². The Morgan fingerprint density at radius 1 is 1.06 bits per heavy atom. The summed E-state index contributed by atoms with van der Waals surface area (Å²) in [5, 5.41) is 0. The van der Waals surface area contributed by atoms with Gasteiger partial charge in [0, 0.05) is 45.3 Å². The maximum atomic E-state index is 12.9. The Balaban J connectivity index is 1.58. The highest BCUT2D eigenvalue weighted by atomic mass is 32.2. The van der Waals surface area contributed by atoms with E-state index < -0.39 is 21.9 Å². The van der Waals surface area contributed by atoms with Crippen molar-refractivity contribution in [2.45, 2.75) is 32.2 Å². The van der Waals surface area contributed by atoms with E-state index in [2.05, 4.69) is 0 Å². The number of benzene rings is 1. The first-order valence-corrected chi connectivity index (χ1v) is 11.4. The van der Waals surface area contributed by atoms with Gasteiger partial charge in [-0.25, -0.2) is 0 Å². The van der Waals surface area contributed by atoms with E-state index in [1.165, 1.54) is 37.8 Å². The van der Waals surface area contributed by atoms with Gasteiger partial charge < -0.3 is 9.64 Å². The maximum Gasteiger partial charge on any atom is 0.416 e. The number of carbonyl (C=O) groups is 1. The van der Waals surface area contributed by atoms with Gasteiger partial charge in [0.25, 0.3) is 10.2 Å². The van der Waals surface area contributed by atoms with Crippen LogP contribution in [-0.4, -0.2) is 79.3 Å². The number of nitrogens with zero attached hydrogens (tertiary/aromatic N) is 3. The van der Waals surface area contributed by atoms with Crippen molar-refractivity contribution < 1.29 is 31.1 Å². The number of alkyl halides is 3. The van der Waals surface area contributed by atoms with Crippen LogP contribution in [0, 0.1) is 0 Å². The van der Waals surface area contributed by atoms with E-state index in [0.29, 0.717) is 0 Å². The second kappa shape index (κ2) is 9.27. The Kier molecular flexibility index (Phi) is 7.09. The Bertz CT molecular complexity index is 918. The summed E-state index contributed by atoms with van der Waals surface area (Å²) in [6, 6.07) is 4.70. The zero-order chi connectivity index (χ0) is 22.8. The van der Waals surface area contributed by atoms with Crippen molar-refractivity contribution in [1.29, 1.82) is 0 Å². The number of rotatable bonds is 4. The molecule has 172 valence electrons. The molecule has 1 amide bonds. The lowest BCUT2D eigenvalue weighted by Crippen LogP contribution is -2.57. The van der Waals surface area contributed by atoms with Gasteiger partial charge in [-0.1, -0.05) is 12.1 Å². The first-order chi connectivity index (χ1) is 14.5. The molecular formula is C20H26F3N3O4S. The first kappa shape index (κ1) is 23.7. The molecule has 0 saturated carbocycles. The van der Waals surface area contributed by atoms with Crippen LogP contribution in [0.1, 0.15) is 25.0 Å². The summed E-state index contributed by atoms with van der Waals surface area (Å²) in [4.78, 5) is 13.9. The van der Waals surface area contributed by atoms with Crippen LogP contribution in [0.4, 0.5) is 13.2 Å². The average Bonchev–Trinajstić information content (AvgIpc) is 2.71. The molecule has 0 spiro atoms. The van der Waals surface area contributed by atoms with E-state index in [1.54, 1.807) is 0 Å². The van der Waals surface area contributed by atoms with Gasteiger partial charge in [-0.2, -0.15) is 30.2 Å². The fraction of sp³-hybridized carbons (Fsp3) is 0.550. The molecule has 1 aromatic rings. The Hall–Kier alpha value is -1.95. The van der Waals surface area contributed by atoms with Crippen molar-refractivity contribution in [1.82, 2.24) is 13.5 Å². The summed E-state index contributed by atoms with van der Waals surface area (Å²) in [6.45, 7) is 4.95. The lowest BCUT2D eigenvalue weighted by molar-refractivity contribution is -0.137. The summed E-state index contributed by atoms with van der Waals surface area (Å²) in [5.74, 6) is -0.372. The average molecular weight is 462 g/mol. The highest BCUT2D eigenvalue weighted by Gasteiger charge is 2.37. The fourth-order valence-electron chi connectivity index (χ4n) is 3.71. The quantitative estimate of drug-likeness (QED) is 0.645. The number of hydrogen-bond acceptors (Lipinski definition) is 4. The third-order valence-electron chi connectivity index (χ3n) is 5.22. The number of hydrogen-bond donors (Lipinski definition) is 0. The maximum absolute atomic E-state index is 12.9. The number of piperazine rings is 1. The molecular weight excluding hydrogens is 435 g/mol. The topological polar surface area (TPSA) is 70.2 Å². The van der Waals surface area contributed by atoms with Crippen molar-refractivity contribution in [2.75, 3.05) is 39.3 Å². The van der Waals surface area contributed by atoms with Crippen molar-refractivity contribution in [2.24, 2.45) is 0 Å². The van der Waals surface area contributed by atoms with E-state index in [-0.39, 0.29) is 62.9 Å². The largest absolute Gasteiger partial charge is 0.416 e. The third-order valence-corrected chi connectivity index (χ3v) is 7.19. The van der Waals surface area contributed by atoms with Crippen molar-refractivity contribution >= 4 is 22.2 Å². The molecule has 2 atom stereocenters. The minimum Gasteiger partial charge on any atom is -0.373 e. The summed E-state index contributed by atoms with van der Waals surface area (Å²) in [7, 11) is -3.65. The van der Waals surface area contributed by atoms with E-state index >= 15 is 0 Å². The van der Waals surface area contributed by atoms with E-state index in [4.69, 9.17) is 4.74 Å². The van der Waals surface area contributed by atoms with E-state index in [9.17, 15) is 26.4 Å². The molecule has 2 saturated heterocycles. The number of amides is 1. The van der Waals surface area contributed by atoms with Crippen LogP contribution in [0.15, 0.2) is 30.3 Å². The van der Waals surface area contributed by atoms with E-state index in [0.717, 1.165) is 12.1 Å². The summed E-state index contributed by atoms with van der Waals surface area (Å²) >= 11 is 0. The molecule has 0 radical (unpaired) electrons. The highest BCUT2D eigenvalue weighted by molar-refractivity contribution is 7.86. The Labute approximate surface area is 180 Å². The zero-order valence-corrected chi connectivity index (χ0v) is 18.2. The third kappa shape index (κ3) is 5.85. The van der Waals surface area contributed by atoms with Crippen LogP contribution in [-0.2, 0) is 25.9 Å². The normalized spacial score (nSPS) is 24.6. The van der Waals surface area contributed by atoms with Gasteiger partial charge in [-0.05, 0) is 37.6 Å². The van der Waals surface area contributed by atoms with E-state index in [1.807, 2.05) is 13.8 Å². The van der Waals surface area contributed by atoms with Crippen LogP contribution in [0.2, 0.25) is 0 Å². The highest BCUT2D eigenvalue weighted by Crippen LogP contribution is 2.29. The lowest BCUT2D eigenvalue weighted by atomic mass is 10.1. The number of morpholine rings is 1. The lowest BCUT2D eigenvalue weighted by Gasteiger charge is -2.40.